The van der Waals surface area contributed by atoms with E-state index in [4.69, 9.17) is 0 Å². The third kappa shape index (κ3) is 2.08. The van der Waals surface area contributed by atoms with Crippen molar-refractivity contribution in [1.82, 2.24) is 10.2 Å². The second kappa shape index (κ2) is 4.07. The van der Waals surface area contributed by atoms with Crippen molar-refractivity contribution < 1.29 is 4.79 Å². The summed E-state index contributed by atoms with van der Waals surface area (Å²) in [7, 11) is 3.68. The highest BCUT2D eigenvalue weighted by Crippen LogP contribution is 2.16. The van der Waals surface area contributed by atoms with Gasteiger partial charge in [-0.3, -0.25) is 9.79 Å². The summed E-state index contributed by atoms with van der Waals surface area (Å²) in [6, 6.07) is 0. The first-order valence-corrected chi connectivity index (χ1v) is 4.32. The summed E-state index contributed by atoms with van der Waals surface area (Å²) in [5, 5.41) is 2.81. The van der Waals surface area contributed by atoms with Crippen molar-refractivity contribution in [2.24, 2.45) is 4.99 Å². The van der Waals surface area contributed by atoms with E-state index >= 15 is 0 Å². The minimum atomic E-state index is -0.0510. The van der Waals surface area contributed by atoms with Crippen molar-refractivity contribution in [3.63, 3.8) is 0 Å². The van der Waals surface area contributed by atoms with Crippen LogP contribution in [0.5, 0.6) is 0 Å². The lowest BCUT2D eigenvalue weighted by atomic mass is 10.2. The van der Waals surface area contributed by atoms with Crippen LogP contribution in [0.3, 0.4) is 0 Å². The summed E-state index contributed by atoms with van der Waals surface area (Å²) in [4.78, 5) is 17.2. The van der Waals surface area contributed by atoms with Gasteiger partial charge in [-0.15, -0.1) is 0 Å². The Hall–Kier alpha value is -1.32. The lowest BCUT2D eigenvalue weighted by Gasteiger charge is -2.16. The van der Waals surface area contributed by atoms with Gasteiger partial charge in [-0.05, 0) is 19.6 Å². The molecular weight excluding hydrogens is 166 g/mol. The van der Waals surface area contributed by atoms with E-state index in [1.807, 2.05) is 14.1 Å². The van der Waals surface area contributed by atoms with E-state index in [1.165, 1.54) is 0 Å². The highest BCUT2D eigenvalue weighted by molar-refractivity contribution is 5.93. The molecule has 1 amide bonds. The molecule has 0 spiro atoms. The Morgan fingerprint density at radius 2 is 2.23 bits per heavy atom. The average Bonchev–Trinajstić information content (AvgIpc) is 2.26. The van der Waals surface area contributed by atoms with Gasteiger partial charge in [-0.1, -0.05) is 0 Å². The number of likely N-dealkylation sites (N-methyl/N-ethyl adjacent to an activating group) is 1. The zero-order chi connectivity index (χ0) is 9.84. The molecule has 0 unspecified atom stereocenters. The monoisotopic (exact) mass is 181 g/mol. The molecule has 13 heavy (non-hydrogen) atoms. The minimum Gasteiger partial charge on any atom is -0.372 e. The van der Waals surface area contributed by atoms with Crippen LogP contribution in [0.4, 0.5) is 0 Å². The Morgan fingerprint density at radius 3 is 2.77 bits per heavy atom. The second-order valence-electron chi connectivity index (χ2n) is 3.21. The van der Waals surface area contributed by atoms with Crippen molar-refractivity contribution >= 4 is 12.6 Å². The number of carbonyl (C=O) groups excluding carboxylic acids is 1. The fourth-order valence-electron chi connectivity index (χ4n) is 1.41. The van der Waals surface area contributed by atoms with Gasteiger partial charge >= 0.3 is 0 Å². The first-order chi connectivity index (χ1) is 6.16. The Morgan fingerprint density at radius 1 is 1.54 bits per heavy atom. The molecule has 0 saturated carbocycles. The van der Waals surface area contributed by atoms with Crippen LogP contribution in [0.2, 0.25) is 0 Å². The number of allylic oxidation sites excluding steroid dienone is 1. The molecular formula is C9H15N3O. The molecule has 0 aromatic rings. The first-order valence-electron chi connectivity index (χ1n) is 4.32. The molecule has 0 atom stereocenters. The topological polar surface area (TPSA) is 44.7 Å². The zero-order valence-electron chi connectivity index (χ0n) is 8.13. The van der Waals surface area contributed by atoms with Crippen LogP contribution in [-0.2, 0) is 4.79 Å². The molecule has 1 heterocycles. The number of carbonyl (C=O) groups is 1. The largest absolute Gasteiger partial charge is 0.372 e. The van der Waals surface area contributed by atoms with Crippen LogP contribution in [0.1, 0.15) is 12.8 Å². The predicted octanol–water partition coefficient (Wildman–Crippen LogP) is 0.370. The third-order valence-electron chi connectivity index (χ3n) is 2.00. The third-order valence-corrected chi connectivity index (χ3v) is 2.00. The van der Waals surface area contributed by atoms with Crippen LogP contribution in [0.15, 0.2) is 16.4 Å². The van der Waals surface area contributed by atoms with Crippen molar-refractivity contribution in [2.45, 2.75) is 12.8 Å². The number of rotatable bonds is 2. The summed E-state index contributed by atoms with van der Waals surface area (Å²) in [6.45, 7) is 4.20. The van der Waals surface area contributed by atoms with Gasteiger partial charge in [-0.25, -0.2) is 0 Å². The highest BCUT2D eigenvalue weighted by Gasteiger charge is 2.19. The van der Waals surface area contributed by atoms with Gasteiger partial charge in [0.1, 0.15) is 5.70 Å². The number of hydrogen-bond acceptors (Lipinski definition) is 3. The van der Waals surface area contributed by atoms with Crippen LogP contribution in [0.25, 0.3) is 0 Å². The molecule has 1 aliphatic heterocycles. The first kappa shape index (κ1) is 9.77. The molecule has 0 saturated heterocycles. The van der Waals surface area contributed by atoms with Crippen LogP contribution in [-0.4, -0.2) is 38.2 Å². The lowest BCUT2D eigenvalue weighted by Crippen LogP contribution is -2.31. The number of nitrogens with one attached hydrogen (secondary N) is 1. The summed E-state index contributed by atoms with van der Waals surface area (Å²) in [6.07, 6.45) is 1.74. The van der Waals surface area contributed by atoms with E-state index < -0.39 is 0 Å². The highest BCUT2D eigenvalue weighted by atomic mass is 16.2. The normalized spacial score (nSPS) is 17.8. The average molecular weight is 181 g/mol. The predicted molar refractivity (Wildman–Crippen MR) is 52.5 cm³/mol. The Labute approximate surface area is 78.3 Å². The van der Waals surface area contributed by atoms with Crippen molar-refractivity contribution in [3.8, 4) is 0 Å². The SMILES string of the molecule is C=NC1=C(N(C)C)C(=O)NCCC1. The van der Waals surface area contributed by atoms with Gasteiger partial charge in [0.2, 0.25) is 0 Å². The molecule has 0 radical (unpaired) electrons. The van der Waals surface area contributed by atoms with E-state index in [1.54, 1.807) is 4.90 Å². The maximum absolute atomic E-state index is 11.5. The van der Waals surface area contributed by atoms with Gasteiger partial charge in [0.05, 0.1) is 5.70 Å². The quantitative estimate of drug-likeness (QED) is 0.625. The minimum absolute atomic E-state index is 0.0510. The van der Waals surface area contributed by atoms with Gasteiger partial charge in [-0.2, -0.15) is 0 Å². The van der Waals surface area contributed by atoms with E-state index in [0.717, 1.165) is 25.1 Å². The molecule has 0 aliphatic carbocycles. The van der Waals surface area contributed by atoms with Crippen LogP contribution >= 0.6 is 0 Å². The fourth-order valence-corrected chi connectivity index (χ4v) is 1.41. The van der Waals surface area contributed by atoms with Gasteiger partial charge in [0.25, 0.3) is 5.91 Å². The smallest absolute Gasteiger partial charge is 0.269 e. The Balaban J connectivity index is 3.04. The molecule has 72 valence electrons. The van der Waals surface area contributed by atoms with E-state index in [-0.39, 0.29) is 5.91 Å². The standard InChI is InChI=1S/C9H15N3O/c1-10-7-5-4-6-11-9(13)8(7)12(2)3/h1,4-6H2,2-3H3,(H,11,13). The fraction of sp³-hybridized carbons (Fsp3) is 0.556. The zero-order valence-corrected chi connectivity index (χ0v) is 8.13. The number of amides is 1. The summed E-state index contributed by atoms with van der Waals surface area (Å²) < 4.78 is 0. The van der Waals surface area contributed by atoms with Crippen molar-refractivity contribution in [2.75, 3.05) is 20.6 Å². The van der Waals surface area contributed by atoms with Gasteiger partial charge in [0.15, 0.2) is 0 Å². The molecule has 1 rings (SSSR count). The molecule has 1 N–H and O–H groups in total. The molecule has 1 aliphatic rings. The molecule has 0 aromatic carbocycles. The Bertz CT molecular complexity index is 256. The number of hydrogen-bond donors (Lipinski definition) is 1. The van der Waals surface area contributed by atoms with Crippen molar-refractivity contribution in [3.05, 3.63) is 11.4 Å². The molecule has 0 aromatic heterocycles. The maximum Gasteiger partial charge on any atom is 0.269 e. The number of aliphatic imine (C=N–C) groups is 1. The molecule has 4 heteroatoms. The van der Waals surface area contributed by atoms with Crippen LogP contribution < -0.4 is 5.32 Å². The summed E-state index contributed by atoms with van der Waals surface area (Å²) >= 11 is 0. The van der Waals surface area contributed by atoms with Gasteiger partial charge < -0.3 is 10.2 Å². The molecule has 0 bridgehead atoms. The second-order valence-corrected chi connectivity index (χ2v) is 3.21. The van der Waals surface area contributed by atoms with Crippen LogP contribution in [0, 0.1) is 0 Å². The number of nitrogens with zero attached hydrogens (tertiary/aromatic N) is 2. The van der Waals surface area contributed by atoms with Crippen molar-refractivity contribution in [1.29, 1.82) is 0 Å². The van der Waals surface area contributed by atoms with E-state index in [9.17, 15) is 4.79 Å². The Kier molecular flexibility index (Phi) is 3.06. The van der Waals surface area contributed by atoms with E-state index in [2.05, 4.69) is 17.0 Å². The summed E-state index contributed by atoms with van der Waals surface area (Å²) in [5.74, 6) is -0.0510. The summed E-state index contributed by atoms with van der Waals surface area (Å²) in [5.41, 5.74) is 1.42. The molecule has 4 nitrogen and oxygen atoms in total. The van der Waals surface area contributed by atoms with Gasteiger partial charge in [0, 0.05) is 20.6 Å². The van der Waals surface area contributed by atoms with E-state index in [0.29, 0.717) is 5.70 Å². The lowest BCUT2D eigenvalue weighted by molar-refractivity contribution is -0.118. The maximum atomic E-state index is 11.5. The molecule has 0 fully saturated rings.